The number of nitrogens with one attached hydrogen (secondary N) is 1. The van der Waals surface area contributed by atoms with Gasteiger partial charge in [0, 0.05) is 23.9 Å². The summed E-state index contributed by atoms with van der Waals surface area (Å²) in [5.41, 5.74) is -0.477. The summed E-state index contributed by atoms with van der Waals surface area (Å²) in [6.07, 6.45) is 1.69. The maximum atomic E-state index is 14.0. The summed E-state index contributed by atoms with van der Waals surface area (Å²) in [5, 5.41) is 29.6. The van der Waals surface area contributed by atoms with Crippen molar-refractivity contribution in [3.8, 4) is 17.3 Å². The maximum Gasteiger partial charge on any atom is 0.273 e. The maximum absolute atomic E-state index is 14.0. The molecule has 2 heterocycles. The van der Waals surface area contributed by atoms with Gasteiger partial charge in [-0.05, 0) is 39.0 Å². The molecule has 30 heavy (non-hydrogen) atoms. The third-order valence-corrected chi connectivity index (χ3v) is 4.57. The third kappa shape index (κ3) is 4.67. The Labute approximate surface area is 176 Å². The summed E-state index contributed by atoms with van der Waals surface area (Å²) in [6, 6.07) is 7.15. The first-order valence-electron chi connectivity index (χ1n) is 9.02. The van der Waals surface area contributed by atoms with E-state index in [2.05, 4.69) is 15.6 Å². The normalized spacial score (nSPS) is 12.4. The Kier molecular flexibility index (Phi) is 5.92. The molecule has 8 nitrogen and oxygen atoms in total. The number of nitriles is 1. The molecule has 1 aromatic carbocycles. The SMILES string of the molecule is C[C@@H](Cn1ccc(-c2cc(F)c(C#N)c(Cl)c2)n1)NC(=O)c1cc(C(C)(C)O)on1. The number of benzene rings is 1. The first-order chi connectivity index (χ1) is 14.1. The number of carbonyl (C=O) groups excluding carboxylic acids is 1. The standard InChI is InChI=1S/C20H19ClFN5O3/c1-11(24-19(28)17-8-18(30-26-17)20(2,3)29)10-27-5-4-16(25-27)12-6-14(21)13(9-23)15(22)7-12/h4-8,11,29H,10H2,1-3H3,(H,24,28)/t11-/m0/s1. The van der Waals surface area contributed by atoms with Crippen LogP contribution < -0.4 is 5.32 Å². The fraction of sp³-hybridized carbons (Fsp3) is 0.300. The molecule has 0 spiro atoms. The third-order valence-electron chi connectivity index (χ3n) is 4.27. The minimum Gasteiger partial charge on any atom is -0.382 e. The van der Waals surface area contributed by atoms with Gasteiger partial charge in [-0.1, -0.05) is 16.8 Å². The van der Waals surface area contributed by atoms with Crippen LogP contribution in [0.3, 0.4) is 0 Å². The van der Waals surface area contributed by atoms with Crippen molar-refractivity contribution in [3.05, 3.63) is 58.3 Å². The van der Waals surface area contributed by atoms with Crippen molar-refractivity contribution < 1.29 is 18.8 Å². The second-order valence-corrected chi connectivity index (χ2v) is 7.77. The zero-order valence-corrected chi connectivity index (χ0v) is 17.2. The number of halogens is 2. The van der Waals surface area contributed by atoms with Crippen molar-refractivity contribution >= 4 is 17.5 Å². The topological polar surface area (TPSA) is 117 Å². The molecule has 2 N–H and O–H groups in total. The van der Waals surface area contributed by atoms with Gasteiger partial charge in [0.05, 0.1) is 17.3 Å². The van der Waals surface area contributed by atoms with E-state index in [1.54, 1.807) is 29.9 Å². The lowest BCUT2D eigenvalue weighted by Gasteiger charge is -2.13. The molecule has 3 aromatic rings. The van der Waals surface area contributed by atoms with E-state index in [0.717, 1.165) is 0 Å². The number of aromatic nitrogens is 3. The molecule has 0 radical (unpaired) electrons. The molecule has 2 aromatic heterocycles. The van der Waals surface area contributed by atoms with E-state index in [4.69, 9.17) is 21.4 Å². The van der Waals surface area contributed by atoms with E-state index >= 15 is 0 Å². The Morgan fingerprint density at radius 1 is 1.47 bits per heavy atom. The number of hydrogen-bond acceptors (Lipinski definition) is 6. The van der Waals surface area contributed by atoms with Gasteiger partial charge in [0.1, 0.15) is 23.1 Å². The first-order valence-corrected chi connectivity index (χ1v) is 9.39. The number of hydrogen-bond donors (Lipinski definition) is 2. The molecule has 10 heteroatoms. The van der Waals surface area contributed by atoms with Crippen LogP contribution in [-0.2, 0) is 12.1 Å². The van der Waals surface area contributed by atoms with E-state index in [1.807, 2.05) is 0 Å². The summed E-state index contributed by atoms with van der Waals surface area (Å²) in [6.45, 7) is 5.18. The monoisotopic (exact) mass is 431 g/mol. The van der Waals surface area contributed by atoms with Gasteiger partial charge in [-0.15, -0.1) is 0 Å². The summed E-state index contributed by atoms with van der Waals surface area (Å²) in [7, 11) is 0. The fourth-order valence-corrected chi connectivity index (χ4v) is 2.99. The lowest BCUT2D eigenvalue weighted by molar-refractivity contribution is 0.0474. The van der Waals surface area contributed by atoms with Crippen LogP contribution in [0.25, 0.3) is 11.3 Å². The summed E-state index contributed by atoms with van der Waals surface area (Å²) < 4.78 is 20.6. The second kappa shape index (κ2) is 8.26. The predicted octanol–water partition coefficient (Wildman–Crippen LogP) is 3.25. The Morgan fingerprint density at radius 3 is 2.80 bits per heavy atom. The average Bonchev–Trinajstić information content (AvgIpc) is 3.30. The summed E-state index contributed by atoms with van der Waals surface area (Å²) in [5.74, 6) is -0.978. The van der Waals surface area contributed by atoms with Crippen molar-refractivity contribution in [2.75, 3.05) is 0 Å². The van der Waals surface area contributed by atoms with Gasteiger partial charge in [-0.2, -0.15) is 10.4 Å². The molecule has 1 amide bonds. The minimum absolute atomic E-state index is 0.0146. The highest BCUT2D eigenvalue weighted by Crippen LogP contribution is 2.27. The Balaban J connectivity index is 1.67. The van der Waals surface area contributed by atoms with E-state index in [-0.39, 0.29) is 28.1 Å². The Hall–Kier alpha value is -3.22. The van der Waals surface area contributed by atoms with Gasteiger partial charge in [-0.3, -0.25) is 9.48 Å². The average molecular weight is 432 g/mol. The number of carbonyl (C=O) groups is 1. The van der Waals surface area contributed by atoms with Crippen LogP contribution in [0.15, 0.2) is 35.0 Å². The number of nitrogens with zero attached hydrogens (tertiary/aromatic N) is 4. The molecule has 3 rings (SSSR count). The van der Waals surface area contributed by atoms with Crippen molar-refractivity contribution in [1.82, 2.24) is 20.3 Å². The van der Waals surface area contributed by atoms with Gasteiger partial charge in [-0.25, -0.2) is 4.39 Å². The molecular formula is C20H19ClFN5O3. The largest absolute Gasteiger partial charge is 0.382 e. The fourth-order valence-electron chi connectivity index (χ4n) is 2.74. The van der Waals surface area contributed by atoms with E-state index in [1.165, 1.54) is 32.0 Å². The van der Waals surface area contributed by atoms with E-state index in [0.29, 0.717) is 17.8 Å². The van der Waals surface area contributed by atoms with Gasteiger partial charge < -0.3 is 14.9 Å². The summed E-state index contributed by atoms with van der Waals surface area (Å²) in [4.78, 5) is 12.3. The molecule has 0 aliphatic carbocycles. The van der Waals surface area contributed by atoms with Gasteiger partial charge in [0.15, 0.2) is 11.5 Å². The van der Waals surface area contributed by atoms with Crippen LogP contribution in [0.1, 0.15) is 42.6 Å². The van der Waals surface area contributed by atoms with Crippen molar-refractivity contribution in [2.24, 2.45) is 0 Å². The highest BCUT2D eigenvalue weighted by Gasteiger charge is 2.24. The van der Waals surface area contributed by atoms with Gasteiger partial charge >= 0.3 is 0 Å². The molecule has 0 aliphatic heterocycles. The Morgan fingerprint density at radius 2 is 2.20 bits per heavy atom. The van der Waals surface area contributed by atoms with Crippen molar-refractivity contribution in [1.29, 1.82) is 5.26 Å². The second-order valence-electron chi connectivity index (χ2n) is 7.36. The molecule has 0 saturated carbocycles. The molecule has 156 valence electrons. The van der Waals surface area contributed by atoms with Crippen LogP contribution in [0.2, 0.25) is 5.02 Å². The lowest BCUT2D eigenvalue weighted by atomic mass is 10.1. The van der Waals surface area contributed by atoms with Crippen LogP contribution in [-0.4, -0.2) is 32.0 Å². The predicted molar refractivity (Wildman–Crippen MR) is 106 cm³/mol. The lowest BCUT2D eigenvalue weighted by Crippen LogP contribution is -2.36. The minimum atomic E-state index is -1.24. The number of amides is 1. The first kappa shape index (κ1) is 21.5. The Bertz CT molecular complexity index is 1100. The molecule has 0 unspecified atom stereocenters. The van der Waals surface area contributed by atoms with Gasteiger partial charge in [0.2, 0.25) is 0 Å². The zero-order valence-electron chi connectivity index (χ0n) is 16.5. The van der Waals surface area contributed by atoms with Crippen molar-refractivity contribution in [3.63, 3.8) is 0 Å². The molecule has 0 saturated heterocycles. The molecule has 0 fully saturated rings. The van der Waals surface area contributed by atoms with E-state index < -0.39 is 17.3 Å². The van der Waals surface area contributed by atoms with Gasteiger partial charge in [0.25, 0.3) is 5.91 Å². The van der Waals surface area contributed by atoms with Crippen LogP contribution in [0.5, 0.6) is 0 Å². The zero-order chi connectivity index (χ0) is 22.1. The molecule has 0 bridgehead atoms. The smallest absolute Gasteiger partial charge is 0.273 e. The highest BCUT2D eigenvalue weighted by molar-refractivity contribution is 6.32. The van der Waals surface area contributed by atoms with Crippen LogP contribution >= 0.6 is 11.6 Å². The van der Waals surface area contributed by atoms with Crippen LogP contribution in [0, 0.1) is 17.1 Å². The number of aliphatic hydroxyl groups is 1. The molecular weight excluding hydrogens is 413 g/mol. The summed E-state index contributed by atoms with van der Waals surface area (Å²) >= 11 is 5.95. The van der Waals surface area contributed by atoms with Crippen molar-refractivity contribution in [2.45, 2.75) is 39.0 Å². The van der Waals surface area contributed by atoms with E-state index in [9.17, 15) is 14.3 Å². The van der Waals surface area contributed by atoms with Crippen LogP contribution in [0.4, 0.5) is 4.39 Å². The molecule has 1 atom stereocenters. The quantitative estimate of drug-likeness (QED) is 0.618. The number of rotatable bonds is 6. The highest BCUT2D eigenvalue weighted by atomic mass is 35.5. The molecule has 0 aliphatic rings.